The molecule has 5 nitrogen and oxygen atoms in total. The Morgan fingerprint density at radius 2 is 2.05 bits per heavy atom. The summed E-state index contributed by atoms with van der Waals surface area (Å²) < 4.78 is 5.26. The molecule has 0 spiro atoms. The van der Waals surface area contributed by atoms with Gasteiger partial charge in [-0.25, -0.2) is 0 Å². The van der Waals surface area contributed by atoms with E-state index < -0.39 is 0 Å². The molecule has 0 amide bonds. The summed E-state index contributed by atoms with van der Waals surface area (Å²) in [5.41, 5.74) is 8.92. The zero-order chi connectivity index (χ0) is 13.2. The van der Waals surface area contributed by atoms with Crippen LogP contribution < -0.4 is 5.73 Å². The number of nitrogens with zero attached hydrogens (tertiary/aromatic N) is 3. The van der Waals surface area contributed by atoms with E-state index >= 15 is 0 Å². The van der Waals surface area contributed by atoms with E-state index in [1.807, 2.05) is 37.3 Å². The first kappa shape index (κ1) is 11.4. The third-order valence-corrected chi connectivity index (χ3v) is 2.78. The van der Waals surface area contributed by atoms with Gasteiger partial charge in [0, 0.05) is 17.4 Å². The Bertz CT molecular complexity index is 721. The van der Waals surface area contributed by atoms with Crippen LogP contribution in [0.15, 0.2) is 47.1 Å². The lowest BCUT2D eigenvalue weighted by Gasteiger charge is -1.97. The average Bonchev–Trinajstić information content (AvgIpc) is 2.89. The molecule has 0 aliphatic carbocycles. The summed E-state index contributed by atoms with van der Waals surface area (Å²) in [6.07, 6.45) is 1.70. The monoisotopic (exact) mass is 252 g/mol. The van der Waals surface area contributed by atoms with Crippen molar-refractivity contribution >= 4 is 5.69 Å². The van der Waals surface area contributed by atoms with E-state index in [2.05, 4.69) is 15.1 Å². The number of hydrogen-bond donors (Lipinski definition) is 1. The van der Waals surface area contributed by atoms with Gasteiger partial charge in [0.1, 0.15) is 5.69 Å². The minimum Gasteiger partial charge on any atom is -0.399 e. The Kier molecular flexibility index (Phi) is 2.72. The number of rotatable bonds is 2. The number of nitrogens with two attached hydrogens (primary N) is 1. The number of pyridine rings is 1. The predicted octanol–water partition coefficient (Wildman–Crippen LogP) is 2.69. The maximum atomic E-state index is 5.74. The molecular weight excluding hydrogens is 240 g/mol. The lowest BCUT2D eigenvalue weighted by Crippen LogP contribution is -1.88. The third-order valence-electron chi connectivity index (χ3n) is 2.78. The molecule has 0 saturated heterocycles. The zero-order valence-electron chi connectivity index (χ0n) is 10.4. The lowest BCUT2D eigenvalue weighted by atomic mass is 10.2. The van der Waals surface area contributed by atoms with E-state index in [0.29, 0.717) is 23.1 Å². The van der Waals surface area contributed by atoms with Crippen molar-refractivity contribution in [2.75, 3.05) is 5.73 Å². The van der Waals surface area contributed by atoms with Gasteiger partial charge in [0.2, 0.25) is 5.82 Å². The molecule has 0 saturated carbocycles. The van der Waals surface area contributed by atoms with Gasteiger partial charge in [-0.3, -0.25) is 4.98 Å². The molecule has 0 bridgehead atoms. The van der Waals surface area contributed by atoms with Crippen molar-refractivity contribution < 1.29 is 4.52 Å². The molecule has 1 aromatic carbocycles. The molecule has 5 heteroatoms. The fraction of sp³-hybridized carbons (Fsp3) is 0.0714. The molecule has 94 valence electrons. The van der Waals surface area contributed by atoms with Crippen LogP contribution in [0.4, 0.5) is 5.69 Å². The van der Waals surface area contributed by atoms with Crippen LogP contribution in [-0.4, -0.2) is 15.1 Å². The number of aromatic nitrogens is 3. The van der Waals surface area contributed by atoms with E-state index in [0.717, 1.165) is 11.1 Å². The van der Waals surface area contributed by atoms with Crippen molar-refractivity contribution in [2.24, 2.45) is 0 Å². The van der Waals surface area contributed by atoms with Gasteiger partial charge in [0.15, 0.2) is 0 Å². The Morgan fingerprint density at radius 3 is 2.84 bits per heavy atom. The highest BCUT2D eigenvalue weighted by atomic mass is 16.5. The molecule has 2 heterocycles. The van der Waals surface area contributed by atoms with Gasteiger partial charge in [0.25, 0.3) is 5.89 Å². The molecule has 2 N–H and O–H groups in total. The van der Waals surface area contributed by atoms with Crippen molar-refractivity contribution in [3.05, 3.63) is 48.2 Å². The average molecular weight is 252 g/mol. The second kappa shape index (κ2) is 4.53. The fourth-order valence-corrected chi connectivity index (χ4v) is 1.82. The van der Waals surface area contributed by atoms with E-state index in [9.17, 15) is 0 Å². The summed E-state index contributed by atoms with van der Waals surface area (Å²) in [5.74, 6) is 0.919. The van der Waals surface area contributed by atoms with Crippen LogP contribution in [0.5, 0.6) is 0 Å². The largest absolute Gasteiger partial charge is 0.399 e. The standard InChI is InChI=1S/C14H12N4O/c1-9-4-3-7-16-12(9)14-17-13(18-19-14)10-5-2-6-11(15)8-10/h2-8H,15H2,1H3. The van der Waals surface area contributed by atoms with Gasteiger partial charge in [-0.15, -0.1) is 0 Å². The third kappa shape index (κ3) is 2.18. The number of nitrogen functional groups attached to an aromatic ring is 1. The molecule has 2 aromatic heterocycles. The Hall–Kier alpha value is -2.69. The van der Waals surface area contributed by atoms with Crippen molar-refractivity contribution in [2.45, 2.75) is 6.92 Å². The summed E-state index contributed by atoms with van der Waals surface area (Å²) in [5, 5.41) is 3.96. The summed E-state index contributed by atoms with van der Waals surface area (Å²) in [7, 11) is 0. The molecule has 0 radical (unpaired) electrons. The van der Waals surface area contributed by atoms with Gasteiger partial charge in [-0.2, -0.15) is 4.98 Å². The van der Waals surface area contributed by atoms with Crippen LogP contribution in [0.1, 0.15) is 5.56 Å². The molecule has 0 aliphatic rings. The maximum Gasteiger partial charge on any atom is 0.277 e. The zero-order valence-corrected chi connectivity index (χ0v) is 10.4. The highest BCUT2D eigenvalue weighted by molar-refractivity contribution is 5.63. The van der Waals surface area contributed by atoms with E-state index in [1.54, 1.807) is 12.3 Å². The first-order valence-electron chi connectivity index (χ1n) is 5.85. The van der Waals surface area contributed by atoms with Crippen LogP contribution in [0.3, 0.4) is 0 Å². The molecule has 0 aliphatic heterocycles. The number of hydrogen-bond acceptors (Lipinski definition) is 5. The van der Waals surface area contributed by atoms with Gasteiger partial charge in [-0.1, -0.05) is 23.4 Å². The molecule has 0 atom stereocenters. The number of benzene rings is 1. The second-order valence-electron chi connectivity index (χ2n) is 4.22. The molecule has 3 aromatic rings. The fourth-order valence-electron chi connectivity index (χ4n) is 1.82. The normalized spacial score (nSPS) is 10.6. The Morgan fingerprint density at radius 1 is 1.16 bits per heavy atom. The van der Waals surface area contributed by atoms with Gasteiger partial charge < -0.3 is 10.3 Å². The molecule has 19 heavy (non-hydrogen) atoms. The first-order valence-corrected chi connectivity index (χ1v) is 5.85. The number of aryl methyl sites for hydroxylation is 1. The van der Waals surface area contributed by atoms with Crippen LogP contribution >= 0.6 is 0 Å². The van der Waals surface area contributed by atoms with E-state index in [-0.39, 0.29) is 0 Å². The van der Waals surface area contributed by atoms with Crippen molar-refractivity contribution in [1.82, 2.24) is 15.1 Å². The van der Waals surface area contributed by atoms with Crippen LogP contribution in [0, 0.1) is 6.92 Å². The van der Waals surface area contributed by atoms with E-state index in [4.69, 9.17) is 10.3 Å². The minimum absolute atomic E-state index is 0.413. The quantitative estimate of drug-likeness (QED) is 0.709. The molecule has 0 fully saturated rings. The summed E-state index contributed by atoms with van der Waals surface area (Å²) >= 11 is 0. The topological polar surface area (TPSA) is 77.8 Å². The van der Waals surface area contributed by atoms with E-state index in [1.165, 1.54) is 0 Å². The van der Waals surface area contributed by atoms with Crippen LogP contribution in [0.25, 0.3) is 23.0 Å². The van der Waals surface area contributed by atoms with Gasteiger partial charge in [-0.05, 0) is 30.7 Å². The summed E-state index contributed by atoms with van der Waals surface area (Å²) in [4.78, 5) is 8.61. The SMILES string of the molecule is Cc1cccnc1-c1nc(-c2cccc(N)c2)no1. The van der Waals surface area contributed by atoms with Crippen LogP contribution in [0.2, 0.25) is 0 Å². The van der Waals surface area contributed by atoms with Gasteiger partial charge >= 0.3 is 0 Å². The smallest absolute Gasteiger partial charge is 0.277 e. The Balaban J connectivity index is 2.03. The highest BCUT2D eigenvalue weighted by Crippen LogP contribution is 2.23. The molecular formula is C14H12N4O. The first-order chi connectivity index (χ1) is 9.24. The lowest BCUT2D eigenvalue weighted by molar-refractivity contribution is 0.430. The number of anilines is 1. The predicted molar refractivity (Wildman–Crippen MR) is 72.1 cm³/mol. The summed E-state index contributed by atoms with van der Waals surface area (Å²) in [6.45, 7) is 1.95. The van der Waals surface area contributed by atoms with Crippen LogP contribution in [-0.2, 0) is 0 Å². The van der Waals surface area contributed by atoms with Crippen molar-refractivity contribution in [3.8, 4) is 23.0 Å². The second-order valence-corrected chi connectivity index (χ2v) is 4.22. The minimum atomic E-state index is 0.413. The summed E-state index contributed by atoms with van der Waals surface area (Å²) in [6, 6.07) is 11.2. The van der Waals surface area contributed by atoms with Crippen molar-refractivity contribution in [3.63, 3.8) is 0 Å². The van der Waals surface area contributed by atoms with Crippen molar-refractivity contribution in [1.29, 1.82) is 0 Å². The molecule has 3 rings (SSSR count). The Labute approximate surface area is 110 Å². The molecule has 0 unspecified atom stereocenters. The maximum absolute atomic E-state index is 5.74. The highest BCUT2D eigenvalue weighted by Gasteiger charge is 2.13. The van der Waals surface area contributed by atoms with Gasteiger partial charge in [0.05, 0.1) is 0 Å².